The van der Waals surface area contributed by atoms with Crippen LogP contribution in [-0.4, -0.2) is 13.1 Å². The molecule has 0 saturated heterocycles. The number of ether oxygens (including phenoxy) is 2. The minimum Gasteiger partial charge on any atom is -0.489 e. The second-order valence-electron chi connectivity index (χ2n) is 3.97. The Morgan fingerprint density at radius 1 is 1.05 bits per heavy atom. The van der Waals surface area contributed by atoms with Crippen LogP contribution in [0.5, 0.6) is 5.75 Å². The first-order valence-electron chi connectivity index (χ1n) is 5.78. The van der Waals surface area contributed by atoms with E-state index in [1.165, 1.54) is 7.11 Å². The standard InChI is InChI=1S/C15H14O3S/c1-17-15(16)12-4-2-11(3-5-12)10-18-13-6-8-14(19)9-7-13/h2-9,19H,10H2,1H3. The lowest BCUT2D eigenvalue weighted by atomic mass is 10.1. The number of rotatable bonds is 4. The lowest BCUT2D eigenvalue weighted by molar-refractivity contribution is 0.0600. The molecule has 0 aliphatic rings. The highest BCUT2D eigenvalue weighted by molar-refractivity contribution is 7.80. The van der Waals surface area contributed by atoms with Crippen molar-refractivity contribution in [1.29, 1.82) is 0 Å². The van der Waals surface area contributed by atoms with Gasteiger partial charge in [0.1, 0.15) is 12.4 Å². The van der Waals surface area contributed by atoms with Crippen LogP contribution >= 0.6 is 12.6 Å². The molecular weight excluding hydrogens is 260 g/mol. The van der Waals surface area contributed by atoms with E-state index in [9.17, 15) is 4.79 Å². The summed E-state index contributed by atoms with van der Waals surface area (Å²) in [4.78, 5) is 12.2. The molecule has 2 aromatic carbocycles. The molecule has 0 aromatic heterocycles. The van der Waals surface area contributed by atoms with Crippen molar-refractivity contribution >= 4 is 18.6 Å². The van der Waals surface area contributed by atoms with E-state index in [0.29, 0.717) is 12.2 Å². The zero-order valence-electron chi connectivity index (χ0n) is 10.5. The average molecular weight is 274 g/mol. The molecule has 4 heteroatoms. The zero-order chi connectivity index (χ0) is 13.7. The van der Waals surface area contributed by atoms with Gasteiger partial charge in [0.05, 0.1) is 12.7 Å². The minimum absolute atomic E-state index is 0.336. The third kappa shape index (κ3) is 3.76. The molecular formula is C15H14O3S. The van der Waals surface area contributed by atoms with Crippen LogP contribution in [0.2, 0.25) is 0 Å². The maximum atomic E-state index is 11.3. The molecule has 2 aromatic rings. The van der Waals surface area contributed by atoms with E-state index in [1.807, 2.05) is 36.4 Å². The van der Waals surface area contributed by atoms with E-state index in [1.54, 1.807) is 12.1 Å². The van der Waals surface area contributed by atoms with Crippen molar-refractivity contribution < 1.29 is 14.3 Å². The fourth-order valence-electron chi connectivity index (χ4n) is 1.56. The Labute approximate surface area is 117 Å². The fourth-order valence-corrected chi connectivity index (χ4v) is 1.71. The second kappa shape index (κ2) is 6.29. The van der Waals surface area contributed by atoms with Crippen molar-refractivity contribution in [3.05, 3.63) is 59.7 Å². The lowest BCUT2D eigenvalue weighted by Gasteiger charge is -2.07. The summed E-state index contributed by atoms with van der Waals surface area (Å²) in [6.45, 7) is 0.452. The summed E-state index contributed by atoms with van der Waals surface area (Å²) in [5.41, 5.74) is 1.52. The summed E-state index contributed by atoms with van der Waals surface area (Å²) in [6, 6.07) is 14.6. The van der Waals surface area contributed by atoms with Gasteiger partial charge in [-0.1, -0.05) is 12.1 Å². The van der Waals surface area contributed by atoms with E-state index >= 15 is 0 Å². The van der Waals surface area contributed by atoms with Gasteiger partial charge in [-0.25, -0.2) is 4.79 Å². The molecule has 0 saturated carbocycles. The Morgan fingerprint density at radius 2 is 1.68 bits per heavy atom. The molecule has 0 unspecified atom stereocenters. The molecule has 2 rings (SSSR count). The van der Waals surface area contributed by atoms with Gasteiger partial charge in [-0.05, 0) is 42.0 Å². The van der Waals surface area contributed by atoms with Gasteiger partial charge in [-0.3, -0.25) is 0 Å². The Kier molecular flexibility index (Phi) is 4.47. The number of carbonyl (C=O) groups is 1. The van der Waals surface area contributed by atoms with Gasteiger partial charge in [-0.15, -0.1) is 12.6 Å². The summed E-state index contributed by atoms with van der Waals surface area (Å²) in [5.74, 6) is 0.451. The largest absolute Gasteiger partial charge is 0.489 e. The first-order valence-corrected chi connectivity index (χ1v) is 6.23. The fraction of sp³-hybridized carbons (Fsp3) is 0.133. The van der Waals surface area contributed by atoms with E-state index in [0.717, 1.165) is 16.2 Å². The molecule has 19 heavy (non-hydrogen) atoms. The number of methoxy groups -OCH3 is 1. The predicted octanol–water partition coefficient (Wildman–Crippen LogP) is 3.34. The van der Waals surface area contributed by atoms with Crippen LogP contribution in [0.1, 0.15) is 15.9 Å². The second-order valence-corrected chi connectivity index (χ2v) is 4.49. The van der Waals surface area contributed by atoms with Crippen LogP contribution in [0.25, 0.3) is 0 Å². The highest BCUT2D eigenvalue weighted by Crippen LogP contribution is 2.16. The molecule has 0 atom stereocenters. The number of thiol groups is 1. The molecule has 0 aliphatic carbocycles. The topological polar surface area (TPSA) is 35.5 Å². The maximum absolute atomic E-state index is 11.3. The molecule has 0 amide bonds. The zero-order valence-corrected chi connectivity index (χ0v) is 11.4. The number of esters is 1. The quantitative estimate of drug-likeness (QED) is 0.686. The smallest absolute Gasteiger partial charge is 0.337 e. The summed E-state index contributed by atoms with van der Waals surface area (Å²) >= 11 is 4.21. The molecule has 0 fully saturated rings. The van der Waals surface area contributed by atoms with Crippen molar-refractivity contribution in [3.63, 3.8) is 0 Å². The van der Waals surface area contributed by atoms with Gasteiger partial charge in [0, 0.05) is 4.90 Å². The molecule has 0 aliphatic heterocycles. The van der Waals surface area contributed by atoms with Gasteiger partial charge >= 0.3 is 5.97 Å². The number of hydrogen-bond donors (Lipinski definition) is 1. The predicted molar refractivity (Wildman–Crippen MR) is 75.8 cm³/mol. The van der Waals surface area contributed by atoms with Crippen LogP contribution in [0.15, 0.2) is 53.4 Å². The molecule has 3 nitrogen and oxygen atoms in total. The Morgan fingerprint density at radius 3 is 2.26 bits per heavy atom. The van der Waals surface area contributed by atoms with Crippen molar-refractivity contribution in [1.82, 2.24) is 0 Å². The number of benzene rings is 2. The van der Waals surface area contributed by atoms with Crippen LogP contribution in [0.3, 0.4) is 0 Å². The van der Waals surface area contributed by atoms with Crippen LogP contribution in [0, 0.1) is 0 Å². The van der Waals surface area contributed by atoms with E-state index < -0.39 is 0 Å². The van der Waals surface area contributed by atoms with Gasteiger partial charge in [-0.2, -0.15) is 0 Å². The van der Waals surface area contributed by atoms with E-state index in [-0.39, 0.29) is 5.97 Å². The Hall–Kier alpha value is -1.94. The van der Waals surface area contributed by atoms with Gasteiger partial charge in [0.2, 0.25) is 0 Å². The van der Waals surface area contributed by atoms with E-state index in [2.05, 4.69) is 17.4 Å². The lowest BCUT2D eigenvalue weighted by Crippen LogP contribution is -2.01. The average Bonchev–Trinajstić information content (AvgIpc) is 2.46. The van der Waals surface area contributed by atoms with Gasteiger partial charge in [0.25, 0.3) is 0 Å². The van der Waals surface area contributed by atoms with Gasteiger partial charge in [0.15, 0.2) is 0 Å². The van der Waals surface area contributed by atoms with Crippen molar-refractivity contribution in [2.45, 2.75) is 11.5 Å². The highest BCUT2D eigenvalue weighted by atomic mass is 32.1. The van der Waals surface area contributed by atoms with E-state index in [4.69, 9.17) is 4.74 Å². The van der Waals surface area contributed by atoms with Crippen molar-refractivity contribution in [3.8, 4) is 5.75 Å². The Bertz CT molecular complexity index is 547. The van der Waals surface area contributed by atoms with Crippen LogP contribution in [0.4, 0.5) is 0 Å². The van der Waals surface area contributed by atoms with Crippen LogP contribution in [-0.2, 0) is 11.3 Å². The third-order valence-electron chi connectivity index (χ3n) is 2.62. The summed E-state index contributed by atoms with van der Waals surface area (Å²) in [6.07, 6.45) is 0. The maximum Gasteiger partial charge on any atom is 0.337 e. The first kappa shape index (κ1) is 13.5. The first-order chi connectivity index (χ1) is 9.19. The number of hydrogen-bond acceptors (Lipinski definition) is 4. The SMILES string of the molecule is COC(=O)c1ccc(COc2ccc(S)cc2)cc1. The summed E-state index contributed by atoms with van der Waals surface area (Å²) in [5, 5.41) is 0. The van der Waals surface area contributed by atoms with Crippen LogP contribution < -0.4 is 4.74 Å². The summed E-state index contributed by atoms with van der Waals surface area (Å²) < 4.78 is 10.3. The van der Waals surface area contributed by atoms with Crippen molar-refractivity contribution in [2.75, 3.05) is 7.11 Å². The monoisotopic (exact) mass is 274 g/mol. The highest BCUT2D eigenvalue weighted by Gasteiger charge is 2.04. The minimum atomic E-state index is -0.336. The molecule has 0 radical (unpaired) electrons. The summed E-state index contributed by atoms with van der Waals surface area (Å²) in [7, 11) is 1.37. The molecule has 98 valence electrons. The van der Waals surface area contributed by atoms with Crippen molar-refractivity contribution in [2.24, 2.45) is 0 Å². The molecule has 0 bridgehead atoms. The van der Waals surface area contributed by atoms with Gasteiger partial charge < -0.3 is 9.47 Å². The number of carbonyl (C=O) groups excluding carboxylic acids is 1. The third-order valence-corrected chi connectivity index (χ3v) is 2.92. The molecule has 0 spiro atoms. The molecule has 0 N–H and O–H groups in total. The normalized spacial score (nSPS) is 10.0. The Balaban J connectivity index is 1.96. The molecule has 0 heterocycles.